The third-order valence-corrected chi connectivity index (χ3v) is 5.38. The number of methoxy groups -OCH3 is 1. The number of aliphatic carboxylic acids is 1. The van der Waals surface area contributed by atoms with E-state index in [0.717, 1.165) is 11.0 Å². The molecule has 0 heterocycles. The Kier molecular flexibility index (Phi) is 11.3. The first-order valence-corrected chi connectivity index (χ1v) is 11.6. The maximum Gasteiger partial charge on any atom is 0.412 e. The fourth-order valence-corrected chi connectivity index (χ4v) is 3.49. The Hall–Kier alpha value is -3.01. The van der Waals surface area contributed by atoms with Gasteiger partial charge in [0.05, 0.1) is 12.7 Å². The summed E-state index contributed by atoms with van der Waals surface area (Å²) in [5.74, 6) is -0.513. The minimum absolute atomic E-state index is 0.126. The summed E-state index contributed by atoms with van der Waals surface area (Å²) in [5.41, 5.74) is 1.24. The molecule has 178 valence electrons. The number of benzene rings is 2. The summed E-state index contributed by atoms with van der Waals surface area (Å²) in [5, 5.41) is 20.5. The van der Waals surface area contributed by atoms with E-state index in [1.54, 1.807) is 48.2 Å². The van der Waals surface area contributed by atoms with Gasteiger partial charge in [0.25, 0.3) is 0 Å². The number of nitrogens with one attached hydrogen (secondary N) is 1. The van der Waals surface area contributed by atoms with E-state index in [1.165, 1.54) is 13.2 Å². The molecular formula is C24H29NO7S. The molecule has 3 N–H and O–H groups in total. The van der Waals surface area contributed by atoms with Crippen molar-refractivity contribution in [2.45, 2.75) is 29.9 Å². The van der Waals surface area contributed by atoms with Gasteiger partial charge >= 0.3 is 12.1 Å². The smallest absolute Gasteiger partial charge is 0.412 e. The lowest BCUT2D eigenvalue weighted by atomic mass is 10.00. The number of rotatable bonds is 13. The zero-order chi connectivity index (χ0) is 24.1. The molecule has 2 aromatic rings. The molecule has 9 heteroatoms. The van der Waals surface area contributed by atoms with Crippen LogP contribution in [0.5, 0.6) is 5.75 Å². The van der Waals surface area contributed by atoms with Gasteiger partial charge in [0.15, 0.2) is 6.10 Å². The summed E-state index contributed by atoms with van der Waals surface area (Å²) >= 11 is 1.60. The first-order valence-electron chi connectivity index (χ1n) is 10.3. The molecule has 0 unspecified atom stereocenters. The van der Waals surface area contributed by atoms with Gasteiger partial charge in [0.2, 0.25) is 0 Å². The van der Waals surface area contributed by atoms with Crippen molar-refractivity contribution in [3.05, 3.63) is 66.2 Å². The second kappa shape index (κ2) is 14.2. The molecule has 0 fully saturated rings. The Labute approximate surface area is 197 Å². The Morgan fingerprint density at radius 1 is 1.18 bits per heavy atom. The molecule has 2 aromatic carbocycles. The first-order chi connectivity index (χ1) is 16.0. The van der Waals surface area contributed by atoms with Crippen LogP contribution in [0.4, 0.5) is 10.5 Å². The molecule has 0 aliphatic heterocycles. The lowest BCUT2D eigenvalue weighted by Crippen LogP contribution is -2.28. The molecule has 0 spiro atoms. The summed E-state index contributed by atoms with van der Waals surface area (Å²) in [6.07, 6.45) is 3.43. The van der Waals surface area contributed by atoms with Crippen LogP contribution in [0.3, 0.4) is 0 Å². The second-order valence-electron chi connectivity index (χ2n) is 6.92. The number of aliphatic hydroxyl groups excluding tert-OH is 1. The molecule has 0 aromatic heterocycles. The number of aliphatic hydroxyl groups is 1. The van der Waals surface area contributed by atoms with Crippen molar-refractivity contribution < 1.29 is 34.0 Å². The monoisotopic (exact) mass is 475 g/mol. The van der Waals surface area contributed by atoms with Gasteiger partial charge in [-0.05, 0) is 61.1 Å². The SMILES string of the molecule is CO[C@@H](CC/C=C/C(=O)O)[C@@H](OC(=O)Nc1ccc(SC)cc1)c1cccc(OCCO)c1. The molecule has 0 radical (unpaired) electrons. The standard InChI is InChI=1S/C24H29NO7S/c1-30-21(8-3-4-9-22(27)28)23(17-6-5-7-19(16-17)31-15-14-26)32-24(29)25-18-10-12-20(33-2)13-11-18/h4-7,9-13,16,21,23,26H,3,8,14-15H2,1-2H3,(H,25,29)(H,27,28)/b9-4+/t21-,23-/m0/s1. The van der Waals surface area contributed by atoms with Crippen LogP contribution in [-0.2, 0) is 14.3 Å². The van der Waals surface area contributed by atoms with Crippen LogP contribution in [-0.4, -0.2) is 55.0 Å². The van der Waals surface area contributed by atoms with E-state index < -0.39 is 24.3 Å². The highest BCUT2D eigenvalue weighted by Gasteiger charge is 2.27. The zero-order valence-corrected chi connectivity index (χ0v) is 19.4. The number of carbonyl (C=O) groups excluding carboxylic acids is 1. The zero-order valence-electron chi connectivity index (χ0n) is 18.6. The fourth-order valence-electron chi connectivity index (χ4n) is 3.08. The van der Waals surface area contributed by atoms with E-state index in [0.29, 0.717) is 29.8 Å². The molecule has 0 saturated heterocycles. The number of ether oxygens (including phenoxy) is 3. The van der Waals surface area contributed by atoms with Crippen LogP contribution in [0, 0.1) is 0 Å². The molecule has 0 aliphatic carbocycles. The summed E-state index contributed by atoms with van der Waals surface area (Å²) in [6.45, 7) is 0.00763. The van der Waals surface area contributed by atoms with Crippen LogP contribution in [0.25, 0.3) is 0 Å². The average Bonchev–Trinajstić information content (AvgIpc) is 2.82. The van der Waals surface area contributed by atoms with Gasteiger partial charge in [0, 0.05) is 23.8 Å². The molecule has 1 amide bonds. The topological polar surface area (TPSA) is 114 Å². The number of carbonyl (C=O) groups is 2. The third kappa shape index (κ3) is 9.17. The molecular weight excluding hydrogens is 446 g/mol. The van der Waals surface area contributed by atoms with Crippen LogP contribution < -0.4 is 10.1 Å². The Balaban J connectivity index is 2.20. The van der Waals surface area contributed by atoms with Crippen molar-refractivity contribution in [3.63, 3.8) is 0 Å². The first kappa shape index (κ1) is 26.2. The van der Waals surface area contributed by atoms with E-state index in [9.17, 15) is 9.59 Å². The highest BCUT2D eigenvalue weighted by atomic mass is 32.2. The molecule has 8 nitrogen and oxygen atoms in total. The van der Waals surface area contributed by atoms with Crippen molar-refractivity contribution in [1.82, 2.24) is 0 Å². The summed E-state index contributed by atoms with van der Waals surface area (Å²) in [7, 11) is 1.51. The number of allylic oxidation sites excluding steroid dienone is 1. The van der Waals surface area contributed by atoms with Crippen LogP contribution in [0.1, 0.15) is 24.5 Å². The van der Waals surface area contributed by atoms with Gasteiger partial charge in [-0.2, -0.15) is 0 Å². The van der Waals surface area contributed by atoms with Crippen molar-refractivity contribution >= 4 is 29.5 Å². The molecule has 2 rings (SSSR count). The number of carboxylic acid groups (broad SMARTS) is 1. The van der Waals surface area contributed by atoms with Crippen LogP contribution in [0.2, 0.25) is 0 Å². The highest BCUT2D eigenvalue weighted by Crippen LogP contribution is 2.30. The quantitative estimate of drug-likeness (QED) is 0.286. The lowest BCUT2D eigenvalue weighted by molar-refractivity contribution is -0.131. The number of hydrogen-bond acceptors (Lipinski definition) is 7. The summed E-state index contributed by atoms with van der Waals surface area (Å²) < 4.78 is 16.8. The summed E-state index contributed by atoms with van der Waals surface area (Å²) in [4.78, 5) is 24.5. The minimum Gasteiger partial charge on any atom is -0.491 e. The van der Waals surface area contributed by atoms with Gasteiger partial charge in [0.1, 0.15) is 12.4 Å². The number of thioether (sulfide) groups is 1. The number of amides is 1. The Morgan fingerprint density at radius 3 is 2.58 bits per heavy atom. The van der Waals surface area contributed by atoms with Gasteiger partial charge in [-0.3, -0.25) is 5.32 Å². The van der Waals surface area contributed by atoms with Crippen molar-refractivity contribution in [3.8, 4) is 5.75 Å². The van der Waals surface area contributed by atoms with Crippen molar-refractivity contribution in [2.75, 3.05) is 31.9 Å². The fraction of sp³-hybridized carbons (Fsp3) is 0.333. The van der Waals surface area contributed by atoms with Crippen molar-refractivity contribution in [2.24, 2.45) is 0 Å². The van der Waals surface area contributed by atoms with Crippen molar-refractivity contribution in [1.29, 1.82) is 0 Å². The predicted molar refractivity (Wildman–Crippen MR) is 127 cm³/mol. The highest BCUT2D eigenvalue weighted by molar-refractivity contribution is 7.98. The van der Waals surface area contributed by atoms with E-state index in [1.807, 2.05) is 18.4 Å². The Morgan fingerprint density at radius 2 is 1.94 bits per heavy atom. The van der Waals surface area contributed by atoms with E-state index in [2.05, 4.69) is 5.32 Å². The lowest BCUT2D eigenvalue weighted by Gasteiger charge is -2.26. The van der Waals surface area contributed by atoms with E-state index >= 15 is 0 Å². The van der Waals surface area contributed by atoms with Crippen LogP contribution >= 0.6 is 11.8 Å². The maximum atomic E-state index is 12.7. The Bertz CT molecular complexity index is 917. The number of hydrogen-bond donors (Lipinski definition) is 3. The molecule has 0 saturated carbocycles. The second-order valence-corrected chi connectivity index (χ2v) is 7.80. The van der Waals surface area contributed by atoms with Gasteiger partial charge in [-0.25, -0.2) is 9.59 Å². The van der Waals surface area contributed by atoms with Gasteiger partial charge < -0.3 is 24.4 Å². The molecule has 0 bridgehead atoms. The predicted octanol–water partition coefficient (Wildman–Crippen LogP) is 4.51. The normalized spacial score (nSPS) is 12.8. The number of carboxylic acids is 1. The molecule has 0 aliphatic rings. The van der Waals surface area contributed by atoms with E-state index in [-0.39, 0.29) is 13.2 Å². The largest absolute Gasteiger partial charge is 0.491 e. The minimum atomic E-state index is -1.03. The molecule has 2 atom stereocenters. The van der Waals surface area contributed by atoms with Gasteiger partial charge in [-0.15, -0.1) is 11.8 Å². The van der Waals surface area contributed by atoms with Crippen LogP contribution in [0.15, 0.2) is 65.6 Å². The summed E-state index contributed by atoms with van der Waals surface area (Å²) in [6, 6.07) is 14.4. The molecule has 33 heavy (non-hydrogen) atoms. The van der Waals surface area contributed by atoms with E-state index in [4.69, 9.17) is 24.4 Å². The number of anilines is 1. The van der Waals surface area contributed by atoms with Gasteiger partial charge in [-0.1, -0.05) is 18.2 Å². The average molecular weight is 476 g/mol. The maximum absolute atomic E-state index is 12.7. The third-order valence-electron chi connectivity index (χ3n) is 4.64.